The SMILES string of the molecule is CCCS(=O)(=O)Nc1cc(C)c(CNC(=O)c2c(OC)cc(O)c3c2OC2=CC(=O)C(C(C)=O)C(=O)[C@]23C)c(C)c1. The smallest absolute Gasteiger partial charge is 0.259 e. The Morgan fingerprint density at radius 2 is 1.78 bits per heavy atom. The fourth-order valence-electron chi connectivity index (χ4n) is 5.44. The van der Waals surface area contributed by atoms with E-state index in [9.17, 15) is 32.7 Å². The molecule has 2 aromatic rings. The van der Waals surface area contributed by atoms with E-state index in [2.05, 4.69) is 10.0 Å². The van der Waals surface area contributed by atoms with Gasteiger partial charge < -0.3 is 19.9 Å². The predicted octanol–water partition coefficient (Wildman–Crippen LogP) is 2.99. The number of anilines is 1. The molecule has 12 heteroatoms. The minimum absolute atomic E-state index is 0.00509. The van der Waals surface area contributed by atoms with E-state index in [4.69, 9.17) is 9.47 Å². The lowest BCUT2D eigenvalue weighted by molar-refractivity contribution is -0.140. The first kappa shape index (κ1) is 29.8. The number of carbonyl (C=O) groups excluding carboxylic acids is 4. The predicted molar refractivity (Wildman–Crippen MR) is 150 cm³/mol. The average molecular weight is 585 g/mol. The van der Waals surface area contributed by atoms with Gasteiger partial charge in [-0.2, -0.15) is 0 Å². The van der Waals surface area contributed by atoms with Crippen molar-refractivity contribution in [2.75, 3.05) is 17.6 Å². The van der Waals surface area contributed by atoms with E-state index < -0.39 is 50.4 Å². The summed E-state index contributed by atoms with van der Waals surface area (Å²) < 4.78 is 38.2. The lowest BCUT2D eigenvalue weighted by Crippen LogP contribution is -2.47. The summed E-state index contributed by atoms with van der Waals surface area (Å²) in [5, 5.41) is 13.7. The van der Waals surface area contributed by atoms with Gasteiger partial charge >= 0.3 is 0 Å². The summed E-state index contributed by atoms with van der Waals surface area (Å²) in [4.78, 5) is 51.7. The van der Waals surface area contributed by atoms with Gasteiger partial charge in [0.1, 0.15) is 39.9 Å². The molecule has 0 spiro atoms. The van der Waals surface area contributed by atoms with Gasteiger partial charge in [0.05, 0.1) is 18.4 Å². The number of rotatable bonds is 9. The van der Waals surface area contributed by atoms with Crippen LogP contribution in [0.5, 0.6) is 17.2 Å². The summed E-state index contributed by atoms with van der Waals surface area (Å²) in [6.45, 7) is 7.99. The van der Waals surface area contributed by atoms with Gasteiger partial charge in [0, 0.05) is 24.4 Å². The van der Waals surface area contributed by atoms with Crippen molar-refractivity contribution in [1.29, 1.82) is 0 Å². The Labute approximate surface area is 238 Å². The fourth-order valence-corrected chi connectivity index (χ4v) is 6.56. The topological polar surface area (TPSA) is 165 Å². The standard InChI is InChI=1S/C29H32N2O9S/c1-7-8-41(37,38)31-17-9-14(2)18(15(3)10-17)13-30-28(36)24-21(39-6)11-20(34)25-26(24)40-22-12-19(33)23(16(4)32)27(35)29(22,25)5/h9-12,23,31,34H,7-8,13H2,1-6H3,(H,30,36)/t23?,29-/m1/s1. The molecular weight excluding hydrogens is 552 g/mol. The Morgan fingerprint density at radius 1 is 1.15 bits per heavy atom. The van der Waals surface area contributed by atoms with E-state index in [1.54, 1.807) is 32.9 Å². The zero-order valence-corrected chi connectivity index (χ0v) is 24.4. The van der Waals surface area contributed by atoms with Crippen LogP contribution in [0.25, 0.3) is 0 Å². The lowest BCUT2D eigenvalue weighted by Gasteiger charge is -2.30. The molecule has 4 rings (SSSR count). The van der Waals surface area contributed by atoms with Crippen LogP contribution in [0.15, 0.2) is 30.0 Å². The van der Waals surface area contributed by atoms with Gasteiger partial charge in [0.2, 0.25) is 10.0 Å². The van der Waals surface area contributed by atoms with Gasteiger partial charge in [0.25, 0.3) is 5.91 Å². The van der Waals surface area contributed by atoms with E-state index >= 15 is 0 Å². The molecule has 2 aliphatic rings. The van der Waals surface area contributed by atoms with Crippen molar-refractivity contribution in [3.05, 3.63) is 57.9 Å². The van der Waals surface area contributed by atoms with Gasteiger partial charge in [-0.05, 0) is 62.9 Å². The summed E-state index contributed by atoms with van der Waals surface area (Å²) >= 11 is 0. The van der Waals surface area contributed by atoms with Crippen LogP contribution in [0, 0.1) is 19.8 Å². The third-order valence-corrected chi connectivity index (χ3v) is 8.96. The number of methoxy groups -OCH3 is 1. The summed E-state index contributed by atoms with van der Waals surface area (Å²) in [5.74, 6) is -4.97. The number of phenolic OH excluding ortho intramolecular Hbond substituents is 1. The number of fused-ring (bicyclic) bond motifs is 3. The summed E-state index contributed by atoms with van der Waals surface area (Å²) in [6.07, 6.45) is 1.54. The van der Waals surface area contributed by atoms with E-state index in [-0.39, 0.29) is 40.7 Å². The molecule has 3 N–H and O–H groups in total. The Bertz CT molecular complexity index is 1620. The highest BCUT2D eigenvalue weighted by molar-refractivity contribution is 7.92. The highest BCUT2D eigenvalue weighted by Crippen LogP contribution is 2.56. The van der Waals surface area contributed by atoms with Crippen LogP contribution < -0.4 is 19.5 Å². The molecule has 0 fully saturated rings. The largest absolute Gasteiger partial charge is 0.507 e. The number of hydrogen-bond donors (Lipinski definition) is 3. The van der Waals surface area contributed by atoms with Crippen molar-refractivity contribution in [2.45, 2.75) is 53.0 Å². The molecule has 2 aromatic carbocycles. The van der Waals surface area contributed by atoms with Crippen molar-refractivity contribution < 1.29 is 42.2 Å². The molecule has 1 heterocycles. The number of allylic oxidation sites excluding steroid dienone is 2. The van der Waals surface area contributed by atoms with Crippen molar-refractivity contribution in [3.8, 4) is 17.2 Å². The van der Waals surface area contributed by atoms with E-state index in [1.165, 1.54) is 20.1 Å². The number of ketones is 3. The molecule has 0 saturated carbocycles. The number of carbonyl (C=O) groups is 4. The molecule has 0 radical (unpaired) electrons. The van der Waals surface area contributed by atoms with Crippen molar-refractivity contribution in [2.24, 2.45) is 5.92 Å². The molecule has 1 unspecified atom stereocenters. The van der Waals surface area contributed by atoms with E-state index in [1.807, 2.05) is 0 Å². The molecule has 218 valence electrons. The highest BCUT2D eigenvalue weighted by Gasteiger charge is 2.58. The molecule has 1 aliphatic heterocycles. The van der Waals surface area contributed by atoms with E-state index in [0.29, 0.717) is 12.1 Å². The number of Topliss-reactive ketones (excluding diaryl/α,β-unsaturated/α-hetero) is 2. The van der Waals surface area contributed by atoms with Crippen molar-refractivity contribution in [3.63, 3.8) is 0 Å². The monoisotopic (exact) mass is 584 g/mol. The first-order valence-corrected chi connectivity index (χ1v) is 14.6. The molecule has 0 saturated heterocycles. The minimum Gasteiger partial charge on any atom is -0.507 e. The van der Waals surface area contributed by atoms with Gasteiger partial charge in [0.15, 0.2) is 17.3 Å². The number of sulfonamides is 1. The Kier molecular flexibility index (Phi) is 7.74. The number of aromatic hydroxyl groups is 1. The molecule has 2 atom stereocenters. The second kappa shape index (κ2) is 10.7. The van der Waals surface area contributed by atoms with Crippen molar-refractivity contribution >= 4 is 39.0 Å². The Hall–Kier alpha value is -4.19. The normalized spacial score (nSPS) is 19.6. The number of nitrogens with one attached hydrogen (secondary N) is 2. The molecule has 0 bridgehead atoms. The third kappa shape index (κ3) is 5.08. The minimum atomic E-state index is -3.48. The number of benzene rings is 2. The summed E-state index contributed by atoms with van der Waals surface area (Å²) in [6, 6.07) is 4.54. The lowest BCUT2D eigenvalue weighted by atomic mass is 9.67. The first-order chi connectivity index (χ1) is 19.2. The Morgan fingerprint density at radius 3 is 2.34 bits per heavy atom. The van der Waals surface area contributed by atoms with Gasteiger partial charge in [-0.15, -0.1) is 0 Å². The molecule has 0 aromatic heterocycles. The van der Waals surface area contributed by atoms with Crippen LogP contribution in [-0.2, 0) is 36.4 Å². The number of amides is 1. The zero-order valence-electron chi connectivity index (χ0n) is 23.6. The van der Waals surface area contributed by atoms with Crippen LogP contribution in [0.3, 0.4) is 0 Å². The fraction of sp³-hybridized carbons (Fsp3) is 0.379. The van der Waals surface area contributed by atoms with Crippen LogP contribution in [-0.4, -0.2) is 49.6 Å². The third-order valence-electron chi connectivity index (χ3n) is 7.46. The second-order valence-corrected chi connectivity index (χ2v) is 12.3. The quantitative estimate of drug-likeness (QED) is 0.376. The van der Waals surface area contributed by atoms with Crippen LogP contribution in [0.4, 0.5) is 5.69 Å². The number of phenols is 1. The van der Waals surface area contributed by atoms with E-state index in [0.717, 1.165) is 29.7 Å². The summed E-state index contributed by atoms with van der Waals surface area (Å²) in [7, 11) is -2.18. The average Bonchev–Trinajstić information content (AvgIpc) is 3.16. The summed E-state index contributed by atoms with van der Waals surface area (Å²) in [5.41, 5.74) is 0.843. The van der Waals surface area contributed by atoms with Crippen LogP contribution in [0.2, 0.25) is 0 Å². The zero-order chi connectivity index (χ0) is 30.4. The van der Waals surface area contributed by atoms with Crippen molar-refractivity contribution in [1.82, 2.24) is 5.32 Å². The van der Waals surface area contributed by atoms with Gasteiger partial charge in [-0.25, -0.2) is 8.42 Å². The molecular formula is C29H32N2O9S. The van der Waals surface area contributed by atoms with Gasteiger partial charge in [-0.3, -0.25) is 23.9 Å². The number of aryl methyl sites for hydroxylation is 2. The van der Waals surface area contributed by atoms with Crippen LogP contribution >= 0.6 is 0 Å². The number of ether oxygens (including phenoxy) is 2. The highest BCUT2D eigenvalue weighted by atomic mass is 32.2. The van der Waals surface area contributed by atoms with Crippen LogP contribution in [0.1, 0.15) is 59.8 Å². The molecule has 1 aliphatic carbocycles. The first-order valence-electron chi connectivity index (χ1n) is 13.0. The maximum absolute atomic E-state index is 13.6. The number of hydrogen-bond acceptors (Lipinski definition) is 9. The molecule has 41 heavy (non-hydrogen) atoms. The maximum Gasteiger partial charge on any atom is 0.259 e. The maximum atomic E-state index is 13.6. The molecule has 1 amide bonds. The Balaban J connectivity index is 1.69. The molecule has 11 nitrogen and oxygen atoms in total. The second-order valence-electron chi connectivity index (χ2n) is 10.4. The van der Waals surface area contributed by atoms with Gasteiger partial charge in [-0.1, -0.05) is 6.92 Å².